The van der Waals surface area contributed by atoms with E-state index in [0.717, 1.165) is 60.6 Å². The van der Waals surface area contributed by atoms with Crippen LogP contribution in [0.15, 0.2) is 36.7 Å². The fraction of sp³-hybridized carbons (Fsp3) is 0.409. The lowest BCUT2D eigenvalue weighted by molar-refractivity contribution is 0.0338. The number of benzene rings is 1. The normalized spacial score (nSPS) is 15.0. The van der Waals surface area contributed by atoms with Crippen LogP contribution in [0.2, 0.25) is 0 Å². The molecule has 0 aliphatic carbocycles. The lowest BCUT2D eigenvalue weighted by Crippen LogP contribution is -2.42. The average molecular weight is 393 g/mol. The van der Waals surface area contributed by atoms with Crippen molar-refractivity contribution < 1.29 is 9.53 Å². The summed E-state index contributed by atoms with van der Waals surface area (Å²) in [5.41, 5.74) is 4.27. The maximum absolute atomic E-state index is 13.4. The van der Waals surface area contributed by atoms with E-state index in [0.29, 0.717) is 12.1 Å². The van der Waals surface area contributed by atoms with Crippen LogP contribution in [-0.4, -0.2) is 76.9 Å². The highest BCUT2D eigenvalue weighted by Gasteiger charge is 2.20. The van der Waals surface area contributed by atoms with E-state index in [9.17, 15) is 4.79 Å². The van der Waals surface area contributed by atoms with Gasteiger partial charge in [0, 0.05) is 57.4 Å². The second kappa shape index (κ2) is 8.31. The van der Waals surface area contributed by atoms with Gasteiger partial charge in [0.05, 0.1) is 36.2 Å². The number of aryl methyl sites for hydroxylation is 2. The summed E-state index contributed by atoms with van der Waals surface area (Å²) in [5.74, 6) is 0.0152. The minimum atomic E-state index is 0.0152. The van der Waals surface area contributed by atoms with Crippen LogP contribution in [0.4, 0.5) is 0 Å². The third-order valence-electron chi connectivity index (χ3n) is 5.47. The molecular formula is C22H27N5O2. The van der Waals surface area contributed by atoms with E-state index in [1.165, 1.54) is 0 Å². The molecule has 1 aliphatic rings. The Bertz CT molecular complexity index is 1020. The molecule has 152 valence electrons. The molecule has 0 saturated carbocycles. The first kappa shape index (κ1) is 19.5. The number of para-hydroxylation sites is 1. The lowest BCUT2D eigenvalue weighted by atomic mass is 10.0. The standard InChI is InChI=1S/C22H27N5O2/c1-16-5-4-6-18-19(13-20(24-21(16)18)17-14-23-26(3)15-17)22(28)25(2)7-8-27-9-11-29-12-10-27/h4-6,13-15H,7-12H2,1-3H3. The Morgan fingerprint density at radius 2 is 2.07 bits per heavy atom. The number of fused-ring (bicyclic) bond motifs is 1. The predicted octanol–water partition coefficient (Wildman–Crippen LogP) is 2.35. The fourth-order valence-corrected chi connectivity index (χ4v) is 3.69. The Balaban J connectivity index is 1.65. The number of ether oxygens (including phenoxy) is 1. The van der Waals surface area contributed by atoms with Crippen molar-refractivity contribution in [3.63, 3.8) is 0 Å². The van der Waals surface area contributed by atoms with E-state index >= 15 is 0 Å². The van der Waals surface area contributed by atoms with Crippen molar-refractivity contribution in [1.29, 1.82) is 0 Å². The van der Waals surface area contributed by atoms with Crippen molar-refractivity contribution in [2.45, 2.75) is 6.92 Å². The molecule has 1 aliphatic heterocycles. The summed E-state index contributed by atoms with van der Waals surface area (Å²) < 4.78 is 7.15. The minimum absolute atomic E-state index is 0.0152. The molecule has 7 heteroatoms. The quantitative estimate of drug-likeness (QED) is 0.666. The molecule has 0 bridgehead atoms. The summed E-state index contributed by atoms with van der Waals surface area (Å²) in [4.78, 5) is 22.3. The molecule has 0 spiro atoms. The Kier molecular flexibility index (Phi) is 5.60. The molecule has 1 fully saturated rings. The number of morpholine rings is 1. The molecule has 0 N–H and O–H groups in total. The summed E-state index contributed by atoms with van der Waals surface area (Å²) in [7, 11) is 3.75. The first-order valence-corrected chi connectivity index (χ1v) is 9.98. The second-order valence-corrected chi connectivity index (χ2v) is 7.61. The smallest absolute Gasteiger partial charge is 0.254 e. The van der Waals surface area contributed by atoms with Gasteiger partial charge in [0.2, 0.25) is 0 Å². The summed E-state index contributed by atoms with van der Waals surface area (Å²) >= 11 is 0. The predicted molar refractivity (Wildman–Crippen MR) is 113 cm³/mol. The Labute approximate surface area is 170 Å². The van der Waals surface area contributed by atoms with Gasteiger partial charge in [-0.25, -0.2) is 4.98 Å². The number of rotatable bonds is 5. The van der Waals surface area contributed by atoms with E-state index < -0.39 is 0 Å². The molecule has 0 atom stereocenters. The second-order valence-electron chi connectivity index (χ2n) is 7.61. The molecule has 29 heavy (non-hydrogen) atoms. The van der Waals surface area contributed by atoms with Gasteiger partial charge < -0.3 is 9.64 Å². The fourth-order valence-electron chi connectivity index (χ4n) is 3.69. The van der Waals surface area contributed by atoms with E-state index in [1.54, 1.807) is 15.8 Å². The first-order valence-electron chi connectivity index (χ1n) is 9.98. The minimum Gasteiger partial charge on any atom is -0.379 e. The van der Waals surface area contributed by atoms with E-state index in [-0.39, 0.29) is 5.91 Å². The molecular weight excluding hydrogens is 366 g/mol. The number of likely N-dealkylation sites (N-methyl/N-ethyl adjacent to an activating group) is 1. The zero-order chi connectivity index (χ0) is 20.4. The van der Waals surface area contributed by atoms with Crippen LogP contribution in [0.1, 0.15) is 15.9 Å². The number of aromatic nitrogens is 3. The monoisotopic (exact) mass is 393 g/mol. The van der Waals surface area contributed by atoms with Gasteiger partial charge in [-0.15, -0.1) is 0 Å². The van der Waals surface area contributed by atoms with Crippen molar-refractivity contribution in [3.8, 4) is 11.3 Å². The average Bonchev–Trinajstić information content (AvgIpc) is 3.18. The molecule has 1 aromatic carbocycles. The number of hydrogen-bond acceptors (Lipinski definition) is 5. The Morgan fingerprint density at radius 1 is 1.28 bits per heavy atom. The van der Waals surface area contributed by atoms with Gasteiger partial charge in [0.1, 0.15) is 0 Å². The SMILES string of the molecule is Cc1cccc2c(C(=O)N(C)CCN3CCOCC3)cc(-c3cnn(C)c3)nc12. The number of carbonyl (C=O) groups excluding carboxylic acids is 1. The number of pyridine rings is 1. The summed E-state index contributed by atoms with van der Waals surface area (Å²) in [5, 5.41) is 5.14. The van der Waals surface area contributed by atoms with Crippen molar-refractivity contribution in [1.82, 2.24) is 24.6 Å². The van der Waals surface area contributed by atoms with Crippen LogP contribution in [0.25, 0.3) is 22.2 Å². The molecule has 1 saturated heterocycles. The van der Waals surface area contributed by atoms with Crippen LogP contribution in [0.5, 0.6) is 0 Å². The van der Waals surface area contributed by atoms with Crippen LogP contribution in [0, 0.1) is 6.92 Å². The summed E-state index contributed by atoms with van der Waals surface area (Å²) in [6.45, 7) is 6.93. The highest BCUT2D eigenvalue weighted by Crippen LogP contribution is 2.27. The Morgan fingerprint density at radius 3 is 2.79 bits per heavy atom. The van der Waals surface area contributed by atoms with Gasteiger partial charge in [-0.05, 0) is 18.6 Å². The highest BCUT2D eigenvalue weighted by molar-refractivity contribution is 6.07. The zero-order valence-electron chi connectivity index (χ0n) is 17.3. The molecule has 3 heterocycles. The maximum atomic E-state index is 13.4. The van der Waals surface area contributed by atoms with Gasteiger partial charge in [0.25, 0.3) is 5.91 Å². The first-order chi connectivity index (χ1) is 14.0. The van der Waals surface area contributed by atoms with E-state index in [2.05, 4.69) is 10.00 Å². The van der Waals surface area contributed by atoms with Crippen LogP contribution < -0.4 is 0 Å². The Hall–Kier alpha value is -2.77. The van der Waals surface area contributed by atoms with E-state index in [4.69, 9.17) is 9.72 Å². The van der Waals surface area contributed by atoms with Crippen LogP contribution in [0.3, 0.4) is 0 Å². The summed E-state index contributed by atoms with van der Waals surface area (Å²) in [6.07, 6.45) is 3.70. The maximum Gasteiger partial charge on any atom is 0.254 e. The van der Waals surface area contributed by atoms with Crippen LogP contribution >= 0.6 is 0 Å². The summed E-state index contributed by atoms with van der Waals surface area (Å²) in [6, 6.07) is 7.88. The van der Waals surface area contributed by atoms with Gasteiger partial charge >= 0.3 is 0 Å². The molecule has 4 rings (SSSR count). The van der Waals surface area contributed by atoms with Gasteiger partial charge in [-0.2, -0.15) is 5.10 Å². The number of nitrogens with zero attached hydrogens (tertiary/aromatic N) is 5. The molecule has 7 nitrogen and oxygen atoms in total. The van der Waals surface area contributed by atoms with Crippen molar-refractivity contribution >= 4 is 16.8 Å². The van der Waals surface area contributed by atoms with Gasteiger partial charge in [-0.3, -0.25) is 14.4 Å². The molecule has 2 aromatic heterocycles. The number of carbonyl (C=O) groups is 1. The third kappa shape index (κ3) is 4.16. The van der Waals surface area contributed by atoms with Crippen LogP contribution in [-0.2, 0) is 11.8 Å². The zero-order valence-corrected chi connectivity index (χ0v) is 17.3. The van der Waals surface area contributed by atoms with Crippen molar-refractivity contribution in [2.24, 2.45) is 7.05 Å². The van der Waals surface area contributed by atoms with Crippen molar-refractivity contribution in [2.75, 3.05) is 46.4 Å². The third-order valence-corrected chi connectivity index (χ3v) is 5.47. The molecule has 0 radical (unpaired) electrons. The lowest BCUT2D eigenvalue weighted by Gasteiger charge is -2.28. The topological polar surface area (TPSA) is 63.5 Å². The number of hydrogen-bond donors (Lipinski definition) is 0. The van der Waals surface area contributed by atoms with E-state index in [1.807, 2.05) is 51.5 Å². The number of amides is 1. The largest absolute Gasteiger partial charge is 0.379 e. The molecule has 3 aromatic rings. The molecule has 0 unspecified atom stereocenters. The highest BCUT2D eigenvalue weighted by atomic mass is 16.5. The van der Waals surface area contributed by atoms with Crippen molar-refractivity contribution in [3.05, 3.63) is 47.8 Å². The molecule has 1 amide bonds. The van der Waals surface area contributed by atoms with Gasteiger partial charge in [0.15, 0.2) is 0 Å². The van der Waals surface area contributed by atoms with Gasteiger partial charge in [-0.1, -0.05) is 18.2 Å².